The smallest absolute Gasteiger partial charge is 0.407 e. The molecular weight excluding hydrogens is 248 g/mol. The van der Waals surface area contributed by atoms with Crippen LogP contribution in [0.5, 0.6) is 5.75 Å². The van der Waals surface area contributed by atoms with Gasteiger partial charge in [-0.1, -0.05) is 12.1 Å². The summed E-state index contributed by atoms with van der Waals surface area (Å²) < 4.78 is 4.52. The molecule has 0 aliphatic carbocycles. The highest BCUT2D eigenvalue weighted by Crippen LogP contribution is 2.20. The Morgan fingerprint density at radius 3 is 2.84 bits per heavy atom. The summed E-state index contributed by atoms with van der Waals surface area (Å²) in [6, 6.07) is 6.32. The molecule has 1 atom stereocenters. The van der Waals surface area contributed by atoms with Crippen molar-refractivity contribution in [2.24, 2.45) is 0 Å². The minimum Gasteiger partial charge on any atom is -0.507 e. The third kappa shape index (κ3) is 2.96. The van der Waals surface area contributed by atoms with Gasteiger partial charge < -0.3 is 20.1 Å². The molecule has 1 unspecified atom stereocenters. The molecule has 1 aromatic carbocycles. The number of nitrogens with zero attached hydrogens (tertiary/aromatic N) is 1. The number of phenols is 1. The van der Waals surface area contributed by atoms with Crippen molar-refractivity contribution in [3.63, 3.8) is 0 Å². The monoisotopic (exact) mass is 264 g/mol. The Labute approximate surface area is 111 Å². The molecule has 0 spiro atoms. The van der Waals surface area contributed by atoms with E-state index in [9.17, 15) is 14.7 Å². The number of amides is 2. The number of carbonyl (C=O) groups is 2. The van der Waals surface area contributed by atoms with E-state index in [4.69, 9.17) is 0 Å². The van der Waals surface area contributed by atoms with Gasteiger partial charge in [-0.3, -0.25) is 4.79 Å². The number of para-hydroxylation sites is 1. The summed E-state index contributed by atoms with van der Waals surface area (Å²) >= 11 is 0. The lowest BCUT2D eigenvalue weighted by molar-refractivity contribution is 0.0785. The first kappa shape index (κ1) is 13.2. The average Bonchev–Trinajstić information content (AvgIpc) is 2.87. The Bertz CT molecular complexity index is 489. The first-order valence-electron chi connectivity index (χ1n) is 6.03. The molecule has 1 aliphatic rings. The molecular formula is C13H16N2O4. The van der Waals surface area contributed by atoms with Crippen molar-refractivity contribution in [1.82, 2.24) is 10.2 Å². The highest BCUT2D eigenvalue weighted by atomic mass is 16.5. The van der Waals surface area contributed by atoms with Crippen molar-refractivity contribution >= 4 is 12.0 Å². The van der Waals surface area contributed by atoms with Crippen LogP contribution in [0.25, 0.3) is 0 Å². The van der Waals surface area contributed by atoms with Gasteiger partial charge in [-0.25, -0.2) is 4.79 Å². The maximum absolute atomic E-state index is 12.2. The van der Waals surface area contributed by atoms with Gasteiger partial charge in [-0.05, 0) is 18.6 Å². The van der Waals surface area contributed by atoms with Crippen molar-refractivity contribution in [2.45, 2.75) is 12.5 Å². The second-order valence-corrected chi connectivity index (χ2v) is 4.39. The SMILES string of the molecule is COC(=O)NC1CCN(C(=O)c2ccccc2O)C1. The van der Waals surface area contributed by atoms with Crippen molar-refractivity contribution in [3.05, 3.63) is 29.8 Å². The standard InChI is InChI=1S/C13H16N2O4/c1-19-13(18)14-9-6-7-15(8-9)12(17)10-4-2-3-5-11(10)16/h2-5,9,16H,6-8H2,1H3,(H,14,18). The summed E-state index contributed by atoms with van der Waals surface area (Å²) in [5, 5.41) is 12.3. The van der Waals surface area contributed by atoms with Crippen LogP contribution in [0.2, 0.25) is 0 Å². The van der Waals surface area contributed by atoms with E-state index in [0.29, 0.717) is 19.5 Å². The van der Waals surface area contributed by atoms with Crippen LogP contribution >= 0.6 is 0 Å². The number of phenolic OH excluding ortho intramolecular Hbond substituents is 1. The Morgan fingerprint density at radius 1 is 1.42 bits per heavy atom. The molecule has 2 amide bonds. The lowest BCUT2D eigenvalue weighted by atomic mass is 10.2. The maximum atomic E-state index is 12.2. The molecule has 102 valence electrons. The topological polar surface area (TPSA) is 78.9 Å². The highest BCUT2D eigenvalue weighted by Gasteiger charge is 2.29. The lowest BCUT2D eigenvalue weighted by Crippen LogP contribution is -2.38. The molecule has 6 heteroatoms. The summed E-state index contributed by atoms with van der Waals surface area (Å²) in [6.45, 7) is 0.962. The minimum absolute atomic E-state index is 0.0307. The fourth-order valence-electron chi connectivity index (χ4n) is 2.11. The largest absolute Gasteiger partial charge is 0.507 e. The number of rotatable bonds is 2. The molecule has 1 aromatic rings. The molecule has 6 nitrogen and oxygen atoms in total. The summed E-state index contributed by atoms with van der Waals surface area (Å²) in [5.41, 5.74) is 0.279. The Kier molecular flexibility index (Phi) is 3.89. The van der Waals surface area contributed by atoms with Gasteiger partial charge in [-0.2, -0.15) is 0 Å². The molecule has 0 radical (unpaired) electrons. The van der Waals surface area contributed by atoms with Gasteiger partial charge in [0.05, 0.1) is 18.7 Å². The molecule has 19 heavy (non-hydrogen) atoms. The van der Waals surface area contributed by atoms with Gasteiger partial charge >= 0.3 is 6.09 Å². The zero-order valence-corrected chi connectivity index (χ0v) is 10.6. The van der Waals surface area contributed by atoms with E-state index in [1.54, 1.807) is 23.1 Å². The van der Waals surface area contributed by atoms with Crippen LogP contribution in [-0.4, -0.2) is 48.2 Å². The molecule has 0 saturated carbocycles. The Balaban J connectivity index is 1.99. The predicted molar refractivity (Wildman–Crippen MR) is 68.0 cm³/mol. The minimum atomic E-state index is -0.498. The van der Waals surface area contributed by atoms with Crippen LogP contribution in [-0.2, 0) is 4.74 Å². The second-order valence-electron chi connectivity index (χ2n) is 4.39. The van der Waals surface area contributed by atoms with Crippen LogP contribution in [0.15, 0.2) is 24.3 Å². The first-order valence-corrected chi connectivity index (χ1v) is 6.03. The molecule has 0 bridgehead atoms. The van der Waals surface area contributed by atoms with E-state index in [1.165, 1.54) is 13.2 Å². The average molecular weight is 264 g/mol. The molecule has 2 N–H and O–H groups in total. The van der Waals surface area contributed by atoms with Crippen LogP contribution in [0.3, 0.4) is 0 Å². The second kappa shape index (κ2) is 5.60. The van der Waals surface area contributed by atoms with E-state index >= 15 is 0 Å². The number of nitrogens with one attached hydrogen (secondary N) is 1. The third-order valence-corrected chi connectivity index (χ3v) is 3.12. The van der Waals surface area contributed by atoms with Crippen LogP contribution in [0.1, 0.15) is 16.8 Å². The number of benzene rings is 1. The first-order chi connectivity index (χ1) is 9.11. The van der Waals surface area contributed by atoms with E-state index in [0.717, 1.165) is 0 Å². The number of carbonyl (C=O) groups excluding carboxylic acids is 2. The Hall–Kier alpha value is -2.24. The number of methoxy groups -OCH3 is 1. The fourth-order valence-corrected chi connectivity index (χ4v) is 2.11. The lowest BCUT2D eigenvalue weighted by Gasteiger charge is -2.17. The zero-order chi connectivity index (χ0) is 13.8. The molecule has 2 rings (SSSR count). The van der Waals surface area contributed by atoms with Gasteiger partial charge in [0.15, 0.2) is 0 Å². The summed E-state index contributed by atoms with van der Waals surface area (Å²) in [4.78, 5) is 24.9. The van der Waals surface area contributed by atoms with Gasteiger partial charge in [0, 0.05) is 13.1 Å². The van der Waals surface area contributed by atoms with Crippen molar-refractivity contribution in [2.75, 3.05) is 20.2 Å². The maximum Gasteiger partial charge on any atom is 0.407 e. The zero-order valence-electron chi connectivity index (χ0n) is 10.6. The summed E-state index contributed by atoms with van der Waals surface area (Å²) in [7, 11) is 1.30. The van der Waals surface area contributed by atoms with Gasteiger partial charge in [-0.15, -0.1) is 0 Å². The van der Waals surface area contributed by atoms with Crippen molar-refractivity contribution in [3.8, 4) is 5.75 Å². The van der Waals surface area contributed by atoms with Crippen LogP contribution < -0.4 is 5.32 Å². The van der Waals surface area contributed by atoms with Crippen molar-refractivity contribution < 1.29 is 19.4 Å². The summed E-state index contributed by atoms with van der Waals surface area (Å²) in [6.07, 6.45) is 0.177. The number of ether oxygens (including phenoxy) is 1. The van der Waals surface area contributed by atoms with Crippen LogP contribution in [0, 0.1) is 0 Å². The van der Waals surface area contributed by atoms with E-state index in [2.05, 4.69) is 10.1 Å². The molecule has 0 aromatic heterocycles. The number of hydrogen-bond acceptors (Lipinski definition) is 4. The van der Waals surface area contributed by atoms with Gasteiger partial charge in [0.25, 0.3) is 5.91 Å². The normalized spacial score (nSPS) is 18.2. The van der Waals surface area contributed by atoms with Gasteiger partial charge in [0.1, 0.15) is 5.75 Å². The number of alkyl carbamates (subject to hydrolysis) is 1. The molecule has 1 aliphatic heterocycles. The van der Waals surface area contributed by atoms with E-state index < -0.39 is 6.09 Å². The number of likely N-dealkylation sites (tertiary alicyclic amines) is 1. The molecule has 1 fully saturated rings. The Morgan fingerprint density at radius 2 is 2.16 bits per heavy atom. The fraction of sp³-hybridized carbons (Fsp3) is 0.385. The van der Waals surface area contributed by atoms with Crippen LogP contribution in [0.4, 0.5) is 4.79 Å². The third-order valence-electron chi connectivity index (χ3n) is 3.12. The molecule has 1 saturated heterocycles. The van der Waals surface area contributed by atoms with Crippen molar-refractivity contribution in [1.29, 1.82) is 0 Å². The number of hydrogen-bond donors (Lipinski definition) is 2. The van der Waals surface area contributed by atoms with E-state index in [1.807, 2.05) is 0 Å². The summed E-state index contributed by atoms with van der Waals surface area (Å²) in [5.74, 6) is -0.260. The molecule has 1 heterocycles. The van der Waals surface area contributed by atoms with Gasteiger partial charge in [0.2, 0.25) is 0 Å². The number of aromatic hydroxyl groups is 1. The van der Waals surface area contributed by atoms with E-state index in [-0.39, 0.29) is 23.3 Å². The highest BCUT2D eigenvalue weighted by molar-refractivity contribution is 5.97. The predicted octanol–water partition coefficient (Wildman–Crippen LogP) is 0.963. The quantitative estimate of drug-likeness (QED) is 0.834.